The minimum Gasteiger partial charge on any atom is -0.393 e. The highest BCUT2D eigenvalue weighted by atomic mass is 16.6. The average molecular weight is 262 g/mol. The minimum atomic E-state index is -0.613. The molecular formula is C12H14N4O3. The zero-order chi connectivity index (χ0) is 14.0. The first-order chi connectivity index (χ1) is 9.02. The number of aliphatic hydroxyl groups excluding tert-OH is 1. The van der Waals surface area contributed by atoms with E-state index in [0.717, 1.165) is 0 Å². The molecule has 2 heterocycles. The summed E-state index contributed by atoms with van der Waals surface area (Å²) in [5, 5.41) is 29.3. The van der Waals surface area contributed by atoms with Gasteiger partial charge in [-0.1, -0.05) is 6.92 Å². The predicted molar refractivity (Wildman–Crippen MR) is 67.6 cm³/mol. The predicted octanol–water partition coefficient (Wildman–Crippen LogP) is 1.07. The minimum absolute atomic E-state index is 0.108. The second kappa shape index (κ2) is 5.20. The SMILES string of the molecule is CC1CN(c2ccc([N+](=O)[O-])c(C#N)n2)CCC1O. The fourth-order valence-electron chi connectivity index (χ4n) is 2.19. The third-order valence-electron chi connectivity index (χ3n) is 3.35. The Bertz CT molecular complexity index is 540. The van der Waals surface area contributed by atoms with Crippen LogP contribution >= 0.6 is 0 Å². The number of piperidine rings is 1. The Hall–Kier alpha value is -2.20. The second-order valence-electron chi connectivity index (χ2n) is 4.69. The molecule has 1 fully saturated rings. The number of hydrogen-bond donors (Lipinski definition) is 1. The van der Waals surface area contributed by atoms with Gasteiger partial charge in [0.15, 0.2) is 0 Å². The zero-order valence-corrected chi connectivity index (χ0v) is 10.5. The van der Waals surface area contributed by atoms with E-state index in [9.17, 15) is 15.2 Å². The van der Waals surface area contributed by atoms with Gasteiger partial charge in [0, 0.05) is 19.2 Å². The maximum absolute atomic E-state index is 10.7. The molecule has 1 aromatic heterocycles. The molecule has 0 aromatic carbocycles. The molecule has 1 N–H and O–H groups in total. The van der Waals surface area contributed by atoms with Gasteiger partial charge < -0.3 is 10.0 Å². The summed E-state index contributed by atoms with van der Waals surface area (Å²) in [6.45, 7) is 3.19. The summed E-state index contributed by atoms with van der Waals surface area (Å²) in [7, 11) is 0. The molecule has 0 aliphatic carbocycles. The smallest absolute Gasteiger partial charge is 0.305 e. The number of nitro groups is 1. The lowest BCUT2D eigenvalue weighted by molar-refractivity contribution is -0.385. The topological polar surface area (TPSA) is 103 Å². The summed E-state index contributed by atoms with van der Waals surface area (Å²) in [5.74, 6) is 0.650. The van der Waals surface area contributed by atoms with Crippen molar-refractivity contribution in [2.45, 2.75) is 19.4 Å². The van der Waals surface area contributed by atoms with Crippen LogP contribution in [0.25, 0.3) is 0 Å². The van der Waals surface area contributed by atoms with Crippen LogP contribution in [-0.4, -0.2) is 34.2 Å². The maximum atomic E-state index is 10.7. The van der Waals surface area contributed by atoms with Crippen molar-refractivity contribution in [1.82, 2.24) is 4.98 Å². The summed E-state index contributed by atoms with van der Waals surface area (Å²) in [4.78, 5) is 16.1. The van der Waals surface area contributed by atoms with Crippen LogP contribution in [0.15, 0.2) is 12.1 Å². The van der Waals surface area contributed by atoms with Crippen molar-refractivity contribution >= 4 is 11.5 Å². The van der Waals surface area contributed by atoms with E-state index in [4.69, 9.17) is 5.26 Å². The maximum Gasteiger partial charge on any atom is 0.305 e. The van der Waals surface area contributed by atoms with Crippen LogP contribution in [0, 0.1) is 27.4 Å². The standard InChI is InChI=1S/C12H14N4O3/c1-8-7-15(5-4-11(8)17)12-3-2-10(16(18)19)9(6-13)14-12/h2-3,8,11,17H,4-5,7H2,1H3. The molecule has 2 rings (SSSR count). The van der Waals surface area contributed by atoms with Crippen LogP contribution in [0.3, 0.4) is 0 Å². The van der Waals surface area contributed by atoms with Crippen molar-refractivity contribution in [3.63, 3.8) is 0 Å². The fourth-order valence-corrected chi connectivity index (χ4v) is 2.19. The first-order valence-corrected chi connectivity index (χ1v) is 6.01. The van der Waals surface area contributed by atoms with Gasteiger partial charge in [0.25, 0.3) is 0 Å². The van der Waals surface area contributed by atoms with Gasteiger partial charge in [-0.05, 0) is 18.4 Å². The molecule has 19 heavy (non-hydrogen) atoms. The van der Waals surface area contributed by atoms with Crippen LogP contribution in [0.1, 0.15) is 19.0 Å². The van der Waals surface area contributed by atoms with E-state index in [1.807, 2.05) is 11.8 Å². The van der Waals surface area contributed by atoms with Crippen LogP contribution < -0.4 is 4.90 Å². The summed E-state index contributed by atoms with van der Waals surface area (Å²) in [6.07, 6.45) is 0.298. The summed E-state index contributed by atoms with van der Waals surface area (Å²) in [6, 6.07) is 4.59. The molecule has 7 nitrogen and oxygen atoms in total. The van der Waals surface area contributed by atoms with Crippen molar-refractivity contribution in [2.75, 3.05) is 18.0 Å². The molecule has 1 aliphatic rings. The van der Waals surface area contributed by atoms with Crippen LogP contribution in [0.2, 0.25) is 0 Å². The Balaban J connectivity index is 2.27. The number of pyridine rings is 1. The highest BCUT2D eigenvalue weighted by molar-refractivity contribution is 5.51. The lowest BCUT2D eigenvalue weighted by atomic mass is 9.97. The lowest BCUT2D eigenvalue weighted by Crippen LogP contribution is -2.42. The monoisotopic (exact) mass is 262 g/mol. The zero-order valence-electron chi connectivity index (χ0n) is 10.5. The normalized spacial score (nSPS) is 22.9. The van der Waals surface area contributed by atoms with E-state index in [2.05, 4.69) is 4.98 Å². The lowest BCUT2D eigenvalue weighted by Gasteiger charge is -2.35. The van der Waals surface area contributed by atoms with Gasteiger partial charge in [-0.15, -0.1) is 0 Å². The van der Waals surface area contributed by atoms with Gasteiger partial charge in [0.05, 0.1) is 11.0 Å². The van der Waals surface area contributed by atoms with E-state index in [0.29, 0.717) is 25.3 Å². The number of nitrogens with zero attached hydrogens (tertiary/aromatic N) is 4. The highest BCUT2D eigenvalue weighted by Gasteiger charge is 2.26. The van der Waals surface area contributed by atoms with E-state index in [1.54, 1.807) is 12.1 Å². The van der Waals surface area contributed by atoms with E-state index in [1.165, 1.54) is 6.07 Å². The van der Waals surface area contributed by atoms with Gasteiger partial charge in [-0.3, -0.25) is 10.1 Å². The number of aromatic nitrogens is 1. The molecule has 2 unspecified atom stereocenters. The van der Waals surface area contributed by atoms with Crippen LogP contribution in [0.4, 0.5) is 11.5 Å². The molecule has 0 amide bonds. The van der Waals surface area contributed by atoms with Gasteiger partial charge in [0.2, 0.25) is 5.69 Å². The van der Waals surface area contributed by atoms with Crippen molar-refractivity contribution in [3.05, 3.63) is 27.9 Å². The van der Waals surface area contributed by atoms with Gasteiger partial charge in [-0.25, -0.2) is 4.98 Å². The van der Waals surface area contributed by atoms with Gasteiger partial charge >= 0.3 is 5.69 Å². The third-order valence-corrected chi connectivity index (χ3v) is 3.35. The third kappa shape index (κ3) is 2.63. The molecular weight excluding hydrogens is 248 g/mol. The molecule has 1 aromatic rings. The van der Waals surface area contributed by atoms with Crippen LogP contribution in [0.5, 0.6) is 0 Å². The van der Waals surface area contributed by atoms with Crippen molar-refractivity contribution in [1.29, 1.82) is 5.26 Å². The quantitative estimate of drug-likeness (QED) is 0.631. The summed E-state index contributed by atoms with van der Waals surface area (Å²) < 4.78 is 0. The number of aliphatic hydroxyl groups is 1. The van der Waals surface area contributed by atoms with Crippen molar-refractivity contribution < 1.29 is 10.0 Å². The Morgan fingerprint density at radius 1 is 1.63 bits per heavy atom. The van der Waals surface area contributed by atoms with Gasteiger partial charge in [0.1, 0.15) is 11.9 Å². The molecule has 0 spiro atoms. The number of hydrogen-bond acceptors (Lipinski definition) is 6. The number of rotatable bonds is 2. The number of anilines is 1. The second-order valence-corrected chi connectivity index (χ2v) is 4.69. The molecule has 2 atom stereocenters. The Kier molecular flexibility index (Phi) is 3.62. The Morgan fingerprint density at radius 2 is 2.37 bits per heavy atom. The highest BCUT2D eigenvalue weighted by Crippen LogP contribution is 2.25. The van der Waals surface area contributed by atoms with Crippen molar-refractivity contribution in [3.8, 4) is 6.07 Å². The molecule has 0 saturated carbocycles. The molecule has 7 heteroatoms. The fraction of sp³-hybridized carbons (Fsp3) is 0.500. The summed E-state index contributed by atoms with van der Waals surface area (Å²) in [5.41, 5.74) is -0.461. The van der Waals surface area contributed by atoms with Gasteiger partial charge in [-0.2, -0.15) is 5.26 Å². The Morgan fingerprint density at radius 3 is 2.95 bits per heavy atom. The molecule has 100 valence electrons. The number of nitriles is 1. The summed E-state index contributed by atoms with van der Waals surface area (Å²) >= 11 is 0. The van der Waals surface area contributed by atoms with E-state index < -0.39 is 4.92 Å². The molecule has 1 saturated heterocycles. The average Bonchev–Trinajstić information content (AvgIpc) is 2.41. The van der Waals surface area contributed by atoms with Crippen LogP contribution in [-0.2, 0) is 0 Å². The van der Waals surface area contributed by atoms with Crippen molar-refractivity contribution in [2.24, 2.45) is 5.92 Å². The first kappa shape index (κ1) is 13.2. The molecule has 0 bridgehead atoms. The Labute approximate surface area is 110 Å². The molecule has 1 aliphatic heterocycles. The molecule has 0 radical (unpaired) electrons. The van der Waals surface area contributed by atoms with E-state index in [-0.39, 0.29) is 23.4 Å². The van der Waals surface area contributed by atoms with E-state index >= 15 is 0 Å². The first-order valence-electron chi connectivity index (χ1n) is 6.01. The largest absolute Gasteiger partial charge is 0.393 e.